The number of para-hydroxylation sites is 1. The third-order valence-corrected chi connectivity index (χ3v) is 10.7. The van der Waals surface area contributed by atoms with Crippen LogP contribution in [0.5, 0.6) is 0 Å². The van der Waals surface area contributed by atoms with Crippen molar-refractivity contribution >= 4 is 81.1 Å². The highest BCUT2D eigenvalue weighted by Gasteiger charge is 2.31. The minimum atomic E-state index is -0.463. The van der Waals surface area contributed by atoms with Crippen LogP contribution >= 0.6 is 58.0 Å². The van der Waals surface area contributed by atoms with Crippen molar-refractivity contribution in [1.82, 2.24) is 9.80 Å². The van der Waals surface area contributed by atoms with Gasteiger partial charge in [-0.3, -0.25) is 0 Å². The lowest BCUT2D eigenvalue weighted by Gasteiger charge is -2.40. The Morgan fingerprint density at radius 2 is 1.19 bits per heavy atom. The van der Waals surface area contributed by atoms with Crippen LogP contribution in [0.15, 0.2) is 70.6 Å². The van der Waals surface area contributed by atoms with Crippen molar-refractivity contribution in [2.24, 2.45) is 9.98 Å². The Morgan fingerprint density at radius 1 is 0.667 bits per heavy atom. The molecule has 1 aliphatic rings. The third-order valence-electron chi connectivity index (χ3n) is 8.44. The lowest BCUT2D eigenvalue weighted by atomic mass is 9.93. The van der Waals surface area contributed by atoms with Crippen molar-refractivity contribution in [3.05, 3.63) is 125 Å². The number of amidine groups is 2. The van der Waals surface area contributed by atoms with E-state index in [9.17, 15) is 0 Å². The van der Waals surface area contributed by atoms with E-state index in [1.165, 1.54) is 17.2 Å². The molecule has 10 heteroatoms. The molecule has 0 spiro atoms. The molecule has 0 N–H and O–H groups in total. The van der Waals surface area contributed by atoms with Gasteiger partial charge in [0.15, 0.2) is 0 Å². The summed E-state index contributed by atoms with van der Waals surface area (Å²) in [6, 6.07) is 19.9. The van der Waals surface area contributed by atoms with Gasteiger partial charge in [0.05, 0.1) is 43.0 Å². The molecule has 0 bridgehead atoms. The van der Waals surface area contributed by atoms with Crippen LogP contribution in [0.1, 0.15) is 79.3 Å². The average Bonchev–Trinajstić information content (AvgIpc) is 3.06. The summed E-state index contributed by atoms with van der Waals surface area (Å²) >= 11 is 33.3. The second-order valence-electron chi connectivity index (χ2n) is 12.7. The number of aryl methyl sites for hydroxylation is 2. The first kappa shape index (κ1) is 36.5. The van der Waals surface area contributed by atoms with E-state index in [1.54, 1.807) is 0 Å². The molecule has 0 saturated carbocycles. The fourth-order valence-electron chi connectivity index (χ4n) is 6.04. The predicted molar refractivity (Wildman–Crippen MR) is 204 cm³/mol. The van der Waals surface area contributed by atoms with Crippen molar-refractivity contribution in [1.29, 1.82) is 0 Å². The Labute approximate surface area is 308 Å². The van der Waals surface area contributed by atoms with Crippen LogP contribution in [-0.2, 0) is 0 Å². The van der Waals surface area contributed by atoms with E-state index < -0.39 is 5.82 Å². The molecule has 48 heavy (non-hydrogen) atoms. The van der Waals surface area contributed by atoms with Gasteiger partial charge in [-0.1, -0.05) is 140 Å². The van der Waals surface area contributed by atoms with Gasteiger partial charge < -0.3 is 9.80 Å². The molecule has 4 nitrogen and oxygen atoms in total. The molecule has 0 radical (unpaired) electrons. The Hall–Kier alpha value is -2.80. The SMILES string of the molecule is Cc1cc(C)c(N=C(c2c(Cl)c(Cl)c(Cl)c(Cl)c2Cl)N2CCCN(C(=Nc3c(C(C)C)cccc3C(C)C)c3ccccc3)C2)c(F)c1. The van der Waals surface area contributed by atoms with Gasteiger partial charge in [0.1, 0.15) is 23.2 Å². The van der Waals surface area contributed by atoms with Gasteiger partial charge in [-0.05, 0) is 60.4 Å². The molecular formula is C38H38Cl5FN4. The van der Waals surface area contributed by atoms with Crippen molar-refractivity contribution in [3.63, 3.8) is 0 Å². The Bertz CT molecular complexity index is 1810. The first-order chi connectivity index (χ1) is 22.8. The monoisotopic (exact) mass is 744 g/mol. The van der Waals surface area contributed by atoms with Crippen molar-refractivity contribution in [3.8, 4) is 0 Å². The van der Waals surface area contributed by atoms with Crippen molar-refractivity contribution < 1.29 is 4.39 Å². The topological polar surface area (TPSA) is 31.2 Å². The van der Waals surface area contributed by atoms with Crippen LogP contribution in [0.4, 0.5) is 15.8 Å². The molecule has 0 unspecified atom stereocenters. The molecule has 0 atom stereocenters. The molecule has 4 aromatic rings. The number of hydrogen-bond acceptors (Lipinski definition) is 2. The normalized spacial score (nSPS) is 14.5. The highest BCUT2D eigenvalue weighted by Crippen LogP contribution is 2.45. The van der Waals surface area contributed by atoms with Gasteiger partial charge in [0.2, 0.25) is 0 Å². The number of hydrogen-bond donors (Lipinski definition) is 0. The van der Waals surface area contributed by atoms with Crippen LogP contribution in [0.3, 0.4) is 0 Å². The van der Waals surface area contributed by atoms with E-state index >= 15 is 4.39 Å². The van der Waals surface area contributed by atoms with Crippen molar-refractivity contribution in [2.45, 2.75) is 59.8 Å². The standard InChI is InChI=1S/C38H38Cl5FN4/c1-21(2)26-14-10-15-27(22(3)4)36(26)46-37(25-12-8-7-9-13-25)47-16-11-17-48(20-47)38(45-35-24(6)18-23(5)19-28(35)44)29-30(39)32(41)34(43)33(42)31(29)40/h7-10,12-15,18-19,21-22H,11,16-17,20H2,1-6H3. The first-order valence-electron chi connectivity index (χ1n) is 15.9. The van der Waals surface area contributed by atoms with Crippen molar-refractivity contribution in [2.75, 3.05) is 19.8 Å². The fraction of sp³-hybridized carbons (Fsp3) is 0.316. The van der Waals surface area contributed by atoms with Crippen LogP contribution in [0.2, 0.25) is 25.1 Å². The summed E-state index contributed by atoms with van der Waals surface area (Å²) in [6.07, 6.45) is 0.743. The summed E-state index contributed by atoms with van der Waals surface area (Å²) < 4.78 is 15.6. The molecule has 252 valence electrons. The number of rotatable bonds is 6. The van der Waals surface area contributed by atoms with Gasteiger partial charge >= 0.3 is 0 Å². The second kappa shape index (κ2) is 15.4. The molecular weight excluding hydrogens is 709 g/mol. The molecule has 5 rings (SSSR count). The Balaban J connectivity index is 1.72. The van der Waals surface area contributed by atoms with Crippen LogP contribution in [-0.4, -0.2) is 41.2 Å². The summed E-state index contributed by atoms with van der Waals surface area (Å²) in [5.74, 6) is 1.23. The highest BCUT2D eigenvalue weighted by atomic mass is 35.5. The summed E-state index contributed by atoms with van der Waals surface area (Å²) in [6.45, 7) is 14.1. The maximum Gasteiger partial charge on any atom is 0.149 e. The lowest BCUT2D eigenvalue weighted by molar-refractivity contribution is 0.214. The summed E-state index contributed by atoms with van der Waals surface area (Å²) in [5.41, 5.74) is 6.22. The number of aliphatic imine (C=N–C) groups is 2. The zero-order valence-corrected chi connectivity index (χ0v) is 31.6. The van der Waals surface area contributed by atoms with Gasteiger partial charge in [-0.2, -0.15) is 0 Å². The highest BCUT2D eigenvalue weighted by molar-refractivity contribution is 6.56. The van der Waals surface area contributed by atoms with Gasteiger partial charge in [0, 0.05) is 18.7 Å². The average molecular weight is 747 g/mol. The maximum absolute atomic E-state index is 15.6. The molecule has 1 heterocycles. The van der Waals surface area contributed by atoms with E-state index in [0.29, 0.717) is 24.6 Å². The summed E-state index contributed by atoms with van der Waals surface area (Å²) in [5, 5.41) is 0.299. The van der Waals surface area contributed by atoms with Crippen LogP contribution in [0, 0.1) is 19.7 Å². The Kier molecular flexibility index (Phi) is 11.7. The zero-order chi connectivity index (χ0) is 34.9. The molecule has 1 fully saturated rings. The molecule has 1 saturated heterocycles. The smallest absolute Gasteiger partial charge is 0.149 e. The molecule has 0 amide bonds. The van der Waals surface area contributed by atoms with Crippen LogP contribution in [0.25, 0.3) is 0 Å². The zero-order valence-electron chi connectivity index (χ0n) is 27.8. The van der Waals surface area contributed by atoms with Gasteiger partial charge in [-0.25, -0.2) is 14.4 Å². The van der Waals surface area contributed by atoms with E-state index in [0.717, 1.165) is 35.6 Å². The quantitative estimate of drug-likeness (QED) is 0.0851. The van der Waals surface area contributed by atoms with E-state index in [2.05, 4.69) is 62.9 Å². The third kappa shape index (κ3) is 7.51. The number of nitrogens with zero attached hydrogens (tertiary/aromatic N) is 4. The summed E-state index contributed by atoms with van der Waals surface area (Å²) in [4.78, 5) is 14.6. The first-order valence-corrected chi connectivity index (χ1v) is 17.8. The molecule has 0 aromatic heterocycles. The maximum atomic E-state index is 15.6. The van der Waals surface area contributed by atoms with E-state index in [-0.39, 0.29) is 48.2 Å². The van der Waals surface area contributed by atoms with Crippen LogP contribution < -0.4 is 0 Å². The fourth-order valence-corrected chi connectivity index (χ4v) is 7.35. The number of benzene rings is 4. The minimum Gasteiger partial charge on any atom is -0.338 e. The largest absolute Gasteiger partial charge is 0.338 e. The summed E-state index contributed by atoms with van der Waals surface area (Å²) in [7, 11) is 0. The Morgan fingerprint density at radius 3 is 1.73 bits per heavy atom. The van der Waals surface area contributed by atoms with E-state index in [4.69, 9.17) is 68.0 Å². The molecule has 0 aliphatic carbocycles. The second-order valence-corrected chi connectivity index (χ2v) is 14.6. The molecule has 1 aliphatic heterocycles. The van der Waals surface area contributed by atoms with E-state index in [1.807, 2.05) is 43.0 Å². The number of halogens is 6. The van der Waals surface area contributed by atoms with Gasteiger partial charge in [-0.15, -0.1) is 0 Å². The minimum absolute atomic E-state index is 0.0395. The lowest BCUT2D eigenvalue weighted by Crippen LogP contribution is -2.50. The predicted octanol–water partition coefficient (Wildman–Crippen LogP) is 12.8. The molecule has 4 aromatic carbocycles. The van der Waals surface area contributed by atoms with Gasteiger partial charge in [0.25, 0.3) is 0 Å².